The van der Waals surface area contributed by atoms with Crippen molar-refractivity contribution in [2.75, 3.05) is 0 Å². The highest BCUT2D eigenvalue weighted by Gasteiger charge is 2.64. The summed E-state index contributed by atoms with van der Waals surface area (Å²) >= 11 is 0. The Balaban J connectivity index is 1.51. The first-order chi connectivity index (χ1) is 13.0. The molecule has 5 rings (SSSR count). The van der Waals surface area contributed by atoms with Crippen molar-refractivity contribution < 1.29 is 14.3 Å². The molecule has 4 heteroatoms. The highest BCUT2D eigenvalue weighted by atomic mass is 16.3. The summed E-state index contributed by atoms with van der Waals surface area (Å²) in [6.07, 6.45) is 7.13. The van der Waals surface area contributed by atoms with Gasteiger partial charge in [0, 0.05) is 4.11 Å². The second kappa shape index (κ2) is 4.89. The van der Waals surface area contributed by atoms with Crippen molar-refractivity contribution in [1.29, 1.82) is 0 Å². The third-order valence-corrected chi connectivity index (χ3v) is 9.09. The van der Waals surface area contributed by atoms with Gasteiger partial charge in [0.2, 0.25) is 0 Å². The van der Waals surface area contributed by atoms with Crippen LogP contribution in [0, 0.1) is 34.5 Å². The maximum absolute atomic E-state index is 11.3. The Bertz CT molecular complexity index is 795. The van der Waals surface area contributed by atoms with Crippen LogP contribution in [0.3, 0.4) is 0 Å². The lowest BCUT2D eigenvalue weighted by Gasteiger charge is -2.61. The van der Waals surface area contributed by atoms with Crippen LogP contribution in [0.2, 0.25) is 0 Å². The van der Waals surface area contributed by atoms with E-state index in [1.807, 2.05) is 13.1 Å². The zero-order chi connectivity index (χ0) is 20.1. The molecule has 3 saturated carbocycles. The number of aliphatic hydroxyl groups excluding tert-OH is 1. The molecule has 0 aliphatic heterocycles. The first kappa shape index (κ1) is 13.3. The number of aromatic nitrogens is 2. The van der Waals surface area contributed by atoms with Crippen molar-refractivity contribution in [3.05, 3.63) is 17.5 Å². The zero-order valence-electron chi connectivity index (χ0n) is 18.3. The van der Waals surface area contributed by atoms with Gasteiger partial charge in [-0.3, -0.25) is 5.10 Å². The minimum absolute atomic E-state index is 0.00122. The molecule has 138 valence electrons. The maximum Gasteiger partial charge on any atom is 0.0990 e. The molecular weight excluding hydrogens is 312 g/mol. The number of H-pyrrole nitrogens is 1. The third kappa shape index (κ3) is 1.88. The maximum atomic E-state index is 11.3. The molecule has 0 amide bonds. The molecule has 0 unspecified atom stereocenters. The van der Waals surface area contributed by atoms with Gasteiger partial charge in [0.1, 0.15) is 0 Å². The van der Waals surface area contributed by atoms with Crippen LogP contribution in [0.1, 0.15) is 80.7 Å². The third-order valence-electron chi connectivity index (χ3n) is 9.09. The summed E-state index contributed by atoms with van der Waals surface area (Å²) in [5, 5.41) is 29.5. The number of hydrogen-bond donors (Lipinski definition) is 3. The quantitative estimate of drug-likeness (QED) is 0.671. The standard InChI is InChI=1S/C21H32N2O2/c1-19-10-12-11-22-23-17(12)18(24)16(19)5-4-13-14(19)6-8-20(2)15(13)7-9-21(20,3)25/h11,13-16,18,24-25H,4-10H2,1-3H3,(H,22,23)/t13-,14+,15+,16+,18+,19-,20+,21+/m1/s1/i3D3. The van der Waals surface area contributed by atoms with E-state index in [0.717, 1.165) is 49.8 Å². The lowest BCUT2D eigenvalue weighted by Crippen LogP contribution is -2.57. The summed E-state index contributed by atoms with van der Waals surface area (Å²) in [6.45, 7) is 2.03. The van der Waals surface area contributed by atoms with E-state index in [4.69, 9.17) is 4.11 Å². The van der Waals surface area contributed by atoms with Gasteiger partial charge in [0.15, 0.2) is 0 Å². The van der Waals surface area contributed by atoms with Gasteiger partial charge in [0.25, 0.3) is 0 Å². The predicted octanol–water partition coefficient (Wildman–Crippen LogP) is 3.61. The van der Waals surface area contributed by atoms with Crippen LogP contribution >= 0.6 is 0 Å². The van der Waals surface area contributed by atoms with E-state index in [9.17, 15) is 10.2 Å². The summed E-state index contributed by atoms with van der Waals surface area (Å²) in [7, 11) is 0. The smallest absolute Gasteiger partial charge is 0.0990 e. The topological polar surface area (TPSA) is 69.1 Å². The van der Waals surface area contributed by atoms with E-state index in [1.165, 1.54) is 0 Å². The minimum atomic E-state index is -2.34. The van der Waals surface area contributed by atoms with E-state index >= 15 is 0 Å². The molecule has 0 radical (unpaired) electrons. The summed E-state index contributed by atoms with van der Waals surface area (Å²) in [4.78, 5) is 0. The number of rotatable bonds is 0. The van der Waals surface area contributed by atoms with Gasteiger partial charge >= 0.3 is 0 Å². The van der Waals surface area contributed by atoms with E-state index in [1.54, 1.807) is 0 Å². The first-order valence-electron chi connectivity index (χ1n) is 11.5. The zero-order valence-corrected chi connectivity index (χ0v) is 15.3. The lowest BCUT2D eigenvalue weighted by atomic mass is 9.44. The molecule has 3 N–H and O–H groups in total. The first-order valence-corrected chi connectivity index (χ1v) is 9.95. The Morgan fingerprint density at radius 3 is 2.76 bits per heavy atom. The number of fused-ring (bicyclic) bond motifs is 6. The molecular formula is C21H32N2O2. The molecule has 8 atom stereocenters. The van der Waals surface area contributed by atoms with E-state index in [0.29, 0.717) is 18.3 Å². The fraction of sp³-hybridized carbons (Fsp3) is 0.857. The van der Waals surface area contributed by atoms with E-state index in [-0.39, 0.29) is 17.3 Å². The summed E-state index contributed by atoms with van der Waals surface area (Å²) in [5.41, 5.74) is -0.0976. The summed E-state index contributed by atoms with van der Waals surface area (Å²) in [6, 6.07) is 0. The van der Waals surface area contributed by atoms with Crippen molar-refractivity contribution in [2.24, 2.45) is 34.5 Å². The fourth-order valence-electron chi connectivity index (χ4n) is 7.61. The molecule has 1 aromatic rings. The fourth-order valence-corrected chi connectivity index (χ4v) is 7.61. The van der Waals surface area contributed by atoms with Gasteiger partial charge in [-0.05, 0) is 91.9 Å². The number of aliphatic hydroxyl groups is 2. The van der Waals surface area contributed by atoms with Crippen molar-refractivity contribution >= 4 is 0 Å². The number of hydrogen-bond acceptors (Lipinski definition) is 3. The Labute approximate surface area is 154 Å². The molecule has 0 aromatic carbocycles. The van der Waals surface area contributed by atoms with Crippen molar-refractivity contribution in [3.63, 3.8) is 0 Å². The van der Waals surface area contributed by atoms with Crippen molar-refractivity contribution in [2.45, 2.75) is 77.4 Å². The molecule has 3 fully saturated rings. The van der Waals surface area contributed by atoms with Gasteiger partial charge in [-0.2, -0.15) is 5.10 Å². The van der Waals surface area contributed by atoms with Gasteiger partial charge in [-0.15, -0.1) is 0 Å². The largest absolute Gasteiger partial charge is 0.390 e. The molecule has 1 heterocycles. The Morgan fingerprint density at radius 2 is 1.96 bits per heavy atom. The molecule has 0 bridgehead atoms. The van der Waals surface area contributed by atoms with Crippen LogP contribution in [0.4, 0.5) is 0 Å². The van der Waals surface area contributed by atoms with Crippen LogP contribution in [0.5, 0.6) is 0 Å². The van der Waals surface area contributed by atoms with Gasteiger partial charge < -0.3 is 10.2 Å². The average Bonchev–Trinajstić information content (AvgIpc) is 3.17. The van der Waals surface area contributed by atoms with Crippen LogP contribution in [0.15, 0.2) is 6.20 Å². The van der Waals surface area contributed by atoms with Gasteiger partial charge in [-0.1, -0.05) is 13.8 Å². The van der Waals surface area contributed by atoms with E-state index in [2.05, 4.69) is 17.1 Å². The molecule has 4 aliphatic carbocycles. The van der Waals surface area contributed by atoms with Crippen molar-refractivity contribution in [1.82, 2.24) is 10.2 Å². The monoisotopic (exact) mass is 347 g/mol. The average molecular weight is 348 g/mol. The second-order valence-electron chi connectivity index (χ2n) is 9.85. The van der Waals surface area contributed by atoms with Crippen LogP contribution in [0.25, 0.3) is 0 Å². The predicted molar refractivity (Wildman–Crippen MR) is 95.8 cm³/mol. The van der Waals surface area contributed by atoms with Crippen LogP contribution in [-0.2, 0) is 6.42 Å². The lowest BCUT2D eigenvalue weighted by molar-refractivity contribution is -0.156. The SMILES string of the molecule is [2H]C([2H])([2H])[C@]1(O)CC[C@H]2[C@@H]3CC[C@H]4[C@H](O)c5[nH]ncc5C[C@]4(C)[C@H]3CC[C@@]21C. The Morgan fingerprint density at radius 1 is 1.16 bits per heavy atom. The van der Waals surface area contributed by atoms with Crippen molar-refractivity contribution in [3.8, 4) is 0 Å². The van der Waals surface area contributed by atoms with Gasteiger partial charge in [0.05, 0.1) is 23.6 Å². The molecule has 1 aromatic heterocycles. The molecule has 0 saturated heterocycles. The van der Waals surface area contributed by atoms with E-state index < -0.39 is 24.0 Å². The highest BCUT2D eigenvalue weighted by Crippen LogP contribution is 2.68. The van der Waals surface area contributed by atoms with Crippen LogP contribution in [-0.4, -0.2) is 26.0 Å². The van der Waals surface area contributed by atoms with Crippen LogP contribution < -0.4 is 0 Å². The molecule has 0 spiro atoms. The Kier molecular flexibility index (Phi) is 2.61. The highest BCUT2D eigenvalue weighted by molar-refractivity contribution is 5.28. The number of aromatic amines is 1. The Hall–Kier alpha value is -0.870. The molecule has 25 heavy (non-hydrogen) atoms. The van der Waals surface area contributed by atoms with Gasteiger partial charge in [-0.25, -0.2) is 0 Å². The second-order valence-corrected chi connectivity index (χ2v) is 9.85. The normalized spacial score (nSPS) is 56.6. The molecule has 4 nitrogen and oxygen atoms in total. The summed E-state index contributed by atoms with van der Waals surface area (Å²) in [5.74, 6) is 1.35. The summed E-state index contributed by atoms with van der Waals surface area (Å²) < 4.78 is 24.1. The minimum Gasteiger partial charge on any atom is -0.390 e. The number of nitrogens with one attached hydrogen (secondary N) is 1. The molecule has 4 aliphatic rings. The number of nitrogens with zero attached hydrogens (tertiary/aromatic N) is 1.